The minimum atomic E-state index is -0.434. The Balaban J connectivity index is 1.93. The van der Waals surface area contributed by atoms with Crippen LogP contribution in [0.25, 0.3) is 0 Å². The Labute approximate surface area is 98.1 Å². The lowest BCUT2D eigenvalue weighted by atomic mass is 9.91. The van der Waals surface area contributed by atoms with Gasteiger partial charge in [0.05, 0.1) is 0 Å². The molecule has 1 aliphatic heterocycles. The van der Waals surface area contributed by atoms with Crippen LogP contribution in [0.2, 0.25) is 5.02 Å². The van der Waals surface area contributed by atoms with Crippen molar-refractivity contribution in [2.45, 2.75) is 31.6 Å². The van der Waals surface area contributed by atoms with E-state index in [0.29, 0.717) is 23.1 Å². The molecule has 1 aliphatic carbocycles. The molecular formula is C11H12ClNO3. The van der Waals surface area contributed by atoms with E-state index in [2.05, 4.69) is 5.48 Å². The largest absolute Gasteiger partial charge is 0.448 e. The zero-order chi connectivity index (χ0) is 11.2. The van der Waals surface area contributed by atoms with Crippen molar-refractivity contribution in [3.8, 4) is 11.5 Å². The molecule has 0 aromatic heterocycles. The maximum Gasteiger partial charge on any atom is 0.251 e. The molecule has 1 saturated carbocycles. The summed E-state index contributed by atoms with van der Waals surface area (Å²) >= 11 is 6.05. The van der Waals surface area contributed by atoms with E-state index in [1.807, 2.05) is 6.07 Å². The Morgan fingerprint density at radius 2 is 2.00 bits per heavy atom. The van der Waals surface area contributed by atoms with Gasteiger partial charge in [0.15, 0.2) is 11.5 Å². The summed E-state index contributed by atoms with van der Waals surface area (Å²) in [6, 6.07) is 3.56. The molecular weight excluding hydrogens is 230 g/mol. The molecule has 4 nitrogen and oxygen atoms in total. The summed E-state index contributed by atoms with van der Waals surface area (Å²) in [6.45, 7) is 0.294. The molecule has 0 bridgehead atoms. The standard InChI is InChI=1S/C11H12ClNO3/c12-8-5-10-9(4-7(8)6-13-14)15-11(16-10)2-1-3-11/h4-5,13-14H,1-3,6H2. The van der Waals surface area contributed by atoms with Crippen LogP contribution < -0.4 is 15.0 Å². The van der Waals surface area contributed by atoms with Crippen molar-refractivity contribution in [3.05, 3.63) is 22.7 Å². The lowest BCUT2D eigenvalue weighted by molar-refractivity contribution is -0.138. The van der Waals surface area contributed by atoms with Gasteiger partial charge in [0.2, 0.25) is 0 Å². The number of rotatable bonds is 2. The Hall–Kier alpha value is -0.970. The molecule has 5 heteroatoms. The van der Waals surface area contributed by atoms with Crippen LogP contribution in [0.1, 0.15) is 24.8 Å². The van der Waals surface area contributed by atoms with Crippen molar-refractivity contribution >= 4 is 11.6 Å². The molecule has 16 heavy (non-hydrogen) atoms. The fourth-order valence-electron chi connectivity index (χ4n) is 2.05. The van der Waals surface area contributed by atoms with Crippen LogP contribution in [0.4, 0.5) is 0 Å². The first-order chi connectivity index (χ1) is 7.72. The third-order valence-corrected chi connectivity index (χ3v) is 3.44. The summed E-state index contributed by atoms with van der Waals surface area (Å²) < 4.78 is 11.5. The van der Waals surface area contributed by atoms with E-state index in [0.717, 1.165) is 24.8 Å². The molecule has 1 heterocycles. The van der Waals surface area contributed by atoms with Gasteiger partial charge >= 0.3 is 0 Å². The third-order valence-electron chi connectivity index (χ3n) is 3.09. The van der Waals surface area contributed by atoms with Crippen LogP contribution in [0.15, 0.2) is 12.1 Å². The van der Waals surface area contributed by atoms with Crippen molar-refractivity contribution in [2.24, 2.45) is 0 Å². The molecule has 2 N–H and O–H groups in total. The molecule has 0 saturated heterocycles. The highest BCUT2D eigenvalue weighted by atomic mass is 35.5. The fraction of sp³-hybridized carbons (Fsp3) is 0.455. The predicted molar refractivity (Wildman–Crippen MR) is 57.9 cm³/mol. The van der Waals surface area contributed by atoms with Gasteiger partial charge in [0.1, 0.15) is 0 Å². The highest BCUT2D eigenvalue weighted by Gasteiger charge is 2.47. The molecule has 0 atom stereocenters. The van der Waals surface area contributed by atoms with Crippen molar-refractivity contribution in [2.75, 3.05) is 0 Å². The zero-order valence-corrected chi connectivity index (χ0v) is 9.38. The van der Waals surface area contributed by atoms with E-state index >= 15 is 0 Å². The maximum absolute atomic E-state index is 8.67. The van der Waals surface area contributed by atoms with Gasteiger partial charge < -0.3 is 14.7 Å². The number of fused-ring (bicyclic) bond motifs is 1. The first kappa shape index (κ1) is 10.2. The van der Waals surface area contributed by atoms with Gasteiger partial charge in [0.25, 0.3) is 5.79 Å². The Morgan fingerprint density at radius 1 is 1.31 bits per heavy atom. The molecule has 0 unspecified atom stereocenters. The monoisotopic (exact) mass is 241 g/mol. The van der Waals surface area contributed by atoms with Gasteiger partial charge in [-0.3, -0.25) is 0 Å². The van der Waals surface area contributed by atoms with Gasteiger partial charge in [-0.1, -0.05) is 11.6 Å². The number of hydrogen-bond acceptors (Lipinski definition) is 4. The maximum atomic E-state index is 8.67. The number of hydrogen-bond donors (Lipinski definition) is 2. The number of benzene rings is 1. The van der Waals surface area contributed by atoms with Crippen LogP contribution in [0.3, 0.4) is 0 Å². The average Bonchev–Trinajstić information content (AvgIpc) is 2.57. The van der Waals surface area contributed by atoms with E-state index in [-0.39, 0.29) is 0 Å². The predicted octanol–water partition coefficient (Wildman–Crippen LogP) is 2.47. The minimum Gasteiger partial charge on any atom is -0.448 e. The van der Waals surface area contributed by atoms with Gasteiger partial charge in [-0.15, -0.1) is 0 Å². The quantitative estimate of drug-likeness (QED) is 0.781. The van der Waals surface area contributed by atoms with E-state index < -0.39 is 5.79 Å². The normalized spacial score (nSPS) is 19.9. The van der Waals surface area contributed by atoms with Gasteiger partial charge in [-0.25, -0.2) is 5.48 Å². The van der Waals surface area contributed by atoms with Crippen LogP contribution in [-0.2, 0) is 6.54 Å². The Morgan fingerprint density at radius 3 is 2.56 bits per heavy atom. The summed E-state index contributed by atoms with van der Waals surface area (Å²) in [7, 11) is 0. The summed E-state index contributed by atoms with van der Waals surface area (Å²) in [6.07, 6.45) is 2.98. The van der Waals surface area contributed by atoms with Gasteiger partial charge in [0, 0.05) is 30.5 Å². The molecule has 3 rings (SSSR count). The molecule has 1 aromatic rings. The molecule has 1 spiro atoms. The molecule has 1 aromatic carbocycles. The number of hydroxylamine groups is 1. The van der Waals surface area contributed by atoms with Crippen molar-refractivity contribution in [1.82, 2.24) is 5.48 Å². The van der Waals surface area contributed by atoms with E-state index in [1.54, 1.807) is 6.07 Å². The molecule has 0 amide bonds. The van der Waals surface area contributed by atoms with Crippen LogP contribution in [0.5, 0.6) is 11.5 Å². The third kappa shape index (κ3) is 1.45. The number of nitrogens with one attached hydrogen (secondary N) is 1. The highest BCUT2D eigenvalue weighted by molar-refractivity contribution is 6.31. The lowest BCUT2D eigenvalue weighted by Crippen LogP contribution is -2.45. The second-order valence-corrected chi connectivity index (χ2v) is 4.60. The minimum absolute atomic E-state index is 0.294. The van der Waals surface area contributed by atoms with E-state index in [4.69, 9.17) is 26.3 Å². The van der Waals surface area contributed by atoms with Gasteiger partial charge in [-0.05, 0) is 18.1 Å². The number of ether oxygens (including phenoxy) is 2. The summed E-state index contributed by atoms with van der Waals surface area (Å²) in [5.41, 5.74) is 2.88. The topological polar surface area (TPSA) is 50.7 Å². The second-order valence-electron chi connectivity index (χ2n) is 4.19. The molecule has 86 valence electrons. The van der Waals surface area contributed by atoms with Crippen molar-refractivity contribution in [1.29, 1.82) is 0 Å². The summed E-state index contributed by atoms with van der Waals surface area (Å²) in [5.74, 6) is 0.984. The second kappa shape index (κ2) is 3.52. The van der Waals surface area contributed by atoms with Crippen molar-refractivity contribution < 1.29 is 14.7 Å². The van der Waals surface area contributed by atoms with E-state index in [9.17, 15) is 0 Å². The fourth-order valence-corrected chi connectivity index (χ4v) is 2.27. The van der Waals surface area contributed by atoms with E-state index in [1.165, 1.54) is 0 Å². The van der Waals surface area contributed by atoms with Crippen molar-refractivity contribution in [3.63, 3.8) is 0 Å². The van der Waals surface area contributed by atoms with Gasteiger partial charge in [-0.2, -0.15) is 0 Å². The first-order valence-electron chi connectivity index (χ1n) is 5.30. The molecule has 2 aliphatic rings. The SMILES string of the molecule is ONCc1cc2c(cc1Cl)OC1(CCC1)O2. The van der Waals surface area contributed by atoms with Crippen LogP contribution in [0, 0.1) is 0 Å². The van der Waals surface area contributed by atoms with Crippen LogP contribution in [-0.4, -0.2) is 11.0 Å². The summed E-state index contributed by atoms with van der Waals surface area (Å²) in [5, 5.41) is 9.24. The smallest absolute Gasteiger partial charge is 0.251 e. The lowest BCUT2D eigenvalue weighted by Gasteiger charge is -2.35. The Bertz CT molecular complexity index is 431. The summed E-state index contributed by atoms with van der Waals surface area (Å²) in [4.78, 5) is 0. The highest BCUT2D eigenvalue weighted by Crippen LogP contribution is 2.49. The average molecular weight is 242 g/mol. The molecule has 1 fully saturated rings. The Kier molecular flexibility index (Phi) is 2.24. The number of halogens is 1. The van der Waals surface area contributed by atoms with Crippen LogP contribution >= 0.6 is 11.6 Å². The zero-order valence-electron chi connectivity index (χ0n) is 8.62. The first-order valence-corrected chi connectivity index (χ1v) is 5.68. The molecule has 0 radical (unpaired) electrons.